The molecular weight excluding hydrogens is 378 g/mol. The molecule has 0 saturated heterocycles. The van der Waals surface area contributed by atoms with Crippen LogP contribution in [0.5, 0.6) is 5.75 Å². The van der Waals surface area contributed by atoms with Gasteiger partial charge in [0.15, 0.2) is 0 Å². The van der Waals surface area contributed by atoms with Gasteiger partial charge in [-0.25, -0.2) is 8.42 Å². The normalized spacial score (nSPS) is 11.6. The molecule has 0 heterocycles. The SMILES string of the molecule is CCN(CC)S(=O)(=O)c1ccc(NC(=O)c2cccc(OC(F)F)c2)cc1. The summed E-state index contributed by atoms with van der Waals surface area (Å²) >= 11 is 0. The van der Waals surface area contributed by atoms with Crippen molar-refractivity contribution in [3.63, 3.8) is 0 Å². The third kappa shape index (κ3) is 5.24. The van der Waals surface area contributed by atoms with E-state index in [4.69, 9.17) is 0 Å². The second-order valence-electron chi connectivity index (χ2n) is 5.47. The number of amides is 1. The number of nitrogens with zero attached hydrogens (tertiary/aromatic N) is 1. The Balaban J connectivity index is 2.14. The van der Waals surface area contributed by atoms with E-state index in [1.54, 1.807) is 13.8 Å². The second kappa shape index (κ2) is 8.92. The zero-order chi connectivity index (χ0) is 20.0. The van der Waals surface area contributed by atoms with Crippen molar-refractivity contribution in [2.45, 2.75) is 25.4 Å². The van der Waals surface area contributed by atoms with E-state index in [0.29, 0.717) is 18.8 Å². The van der Waals surface area contributed by atoms with E-state index in [0.717, 1.165) is 0 Å². The van der Waals surface area contributed by atoms with Crippen molar-refractivity contribution in [2.75, 3.05) is 18.4 Å². The zero-order valence-corrected chi connectivity index (χ0v) is 15.7. The van der Waals surface area contributed by atoms with E-state index in [-0.39, 0.29) is 16.2 Å². The van der Waals surface area contributed by atoms with E-state index < -0.39 is 22.5 Å². The molecule has 2 rings (SSSR count). The van der Waals surface area contributed by atoms with Crippen LogP contribution in [-0.2, 0) is 10.0 Å². The molecule has 27 heavy (non-hydrogen) atoms. The third-order valence-electron chi connectivity index (χ3n) is 3.78. The number of hydrogen-bond acceptors (Lipinski definition) is 4. The molecule has 0 bridgehead atoms. The van der Waals surface area contributed by atoms with Crippen LogP contribution < -0.4 is 10.1 Å². The van der Waals surface area contributed by atoms with Gasteiger partial charge in [0.2, 0.25) is 10.0 Å². The minimum absolute atomic E-state index is 0.122. The largest absolute Gasteiger partial charge is 0.435 e. The summed E-state index contributed by atoms with van der Waals surface area (Å²) in [6.45, 7) is 1.23. The summed E-state index contributed by atoms with van der Waals surface area (Å²) < 4.78 is 55.0. The molecule has 9 heteroatoms. The summed E-state index contributed by atoms with van der Waals surface area (Å²) in [5.41, 5.74) is 0.506. The highest BCUT2D eigenvalue weighted by molar-refractivity contribution is 7.89. The molecule has 6 nitrogen and oxygen atoms in total. The summed E-state index contributed by atoms with van der Waals surface area (Å²) in [7, 11) is -3.58. The number of halogens is 2. The van der Waals surface area contributed by atoms with Gasteiger partial charge < -0.3 is 10.1 Å². The van der Waals surface area contributed by atoms with Crippen molar-refractivity contribution in [1.82, 2.24) is 4.31 Å². The van der Waals surface area contributed by atoms with Crippen LogP contribution in [0.1, 0.15) is 24.2 Å². The highest BCUT2D eigenvalue weighted by Crippen LogP contribution is 2.20. The van der Waals surface area contributed by atoms with Crippen molar-refractivity contribution in [3.8, 4) is 5.75 Å². The summed E-state index contributed by atoms with van der Waals surface area (Å²) in [5.74, 6) is -0.660. The lowest BCUT2D eigenvalue weighted by molar-refractivity contribution is -0.0498. The Morgan fingerprint density at radius 2 is 1.74 bits per heavy atom. The van der Waals surface area contributed by atoms with Crippen molar-refractivity contribution in [2.24, 2.45) is 0 Å². The lowest BCUT2D eigenvalue weighted by atomic mass is 10.2. The van der Waals surface area contributed by atoms with Crippen LogP contribution in [-0.4, -0.2) is 38.3 Å². The van der Waals surface area contributed by atoms with E-state index in [1.165, 1.54) is 52.8 Å². The summed E-state index contributed by atoms with van der Waals surface area (Å²) in [6, 6.07) is 11.1. The van der Waals surface area contributed by atoms with Gasteiger partial charge >= 0.3 is 6.61 Å². The zero-order valence-electron chi connectivity index (χ0n) is 14.9. The number of carbonyl (C=O) groups is 1. The van der Waals surface area contributed by atoms with Crippen LogP contribution in [0, 0.1) is 0 Å². The smallest absolute Gasteiger partial charge is 0.387 e. The van der Waals surface area contributed by atoms with Crippen LogP contribution in [0.3, 0.4) is 0 Å². The molecule has 0 aliphatic heterocycles. The molecule has 0 radical (unpaired) electrons. The standard InChI is InChI=1S/C18H20F2N2O4S/c1-3-22(4-2)27(24,25)16-10-8-14(9-11-16)21-17(23)13-6-5-7-15(12-13)26-18(19)20/h5-12,18H,3-4H2,1-2H3,(H,21,23). The van der Waals surface area contributed by atoms with Crippen LogP contribution in [0.25, 0.3) is 0 Å². The molecule has 2 aromatic carbocycles. The fourth-order valence-electron chi connectivity index (χ4n) is 2.44. The lowest BCUT2D eigenvalue weighted by Crippen LogP contribution is -2.30. The van der Waals surface area contributed by atoms with Crippen molar-refractivity contribution < 1.29 is 26.7 Å². The maximum absolute atomic E-state index is 12.4. The number of hydrogen-bond donors (Lipinski definition) is 1. The van der Waals surface area contributed by atoms with Crippen LogP contribution >= 0.6 is 0 Å². The van der Waals surface area contributed by atoms with Gasteiger partial charge in [0.1, 0.15) is 5.75 Å². The topological polar surface area (TPSA) is 75.7 Å². The number of alkyl halides is 2. The first-order valence-corrected chi connectivity index (χ1v) is 9.68. The molecule has 0 aromatic heterocycles. The van der Waals surface area contributed by atoms with Crippen LogP contribution in [0.15, 0.2) is 53.4 Å². The fourth-order valence-corrected chi connectivity index (χ4v) is 3.90. The highest BCUT2D eigenvalue weighted by atomic mass is 32.2. The number of carbonyl (C=O) groups excluding carboxylic acids is 1. The Morgan fingerprint density at radius 1 is 1.11 bits per heavy atom. The van der Waals surface area contributed by atoms with Gasteiger partial charge in [-0.1, -0.05) is 19.9 Å². The van der Waals surface area contributed by atoms with E-state index in [2.05, 4.69) is 10.1 Å². The molecule has 0 unspecified atom stereocenters. The number of ether oxygens (including phenoxy) is 1. The van der Waals surface area contributed by atoms with Gasteiger partial charge in [0.25, 0.3) is 5.91 Å². The van der Waals surface area contributed by atoms with Gasteiger partial charge in [0.05, 0.1) is 4.90 Å². The van der Waals surface area contributed by atoms with Gasteiger partial charge in [-0.15, -0.1) is 0 Å². The molecule has 0 aliphatic rings. The van der Waals surface area contributed by atoms with Crippen LogP contribution in [0.2, 0.25) is 0 Å². The maximum Gasteiger partial charge on any atom is 0.387 e. The van der Waals surface area contributed by atoms with E-state index in [9.17, 15) is 22.0 Å². The monoisotopic (exact) mass is 398 g/mol. The predicted octanol–water partition coefficient (Wildman–Crippen LogP) is 3.57. The number of nitrogens with one attached hydrogen (secondary N) is 1. The maximum atomic E-state index is 12.4. The second-order valence-corrected chi connectivity index (χ2v) is 7.41. The van der Waals surface area contributed by atoms with Gasteiger partial charge in [-0.2, -0.15) is 13.1 Å². The average Bonchev–Trinajstić information content (AvgIpc) is 2.62. The predicted molar refractivity (Wildman–Crippen MR) is 97.6 cm³/mol. The number of sulfonamides is 1. The third-order valence-corrected chi connectivity index (χ3v) is 5.84. The minimum atomic E-state index is -3.58. The summed E-state index contributed by atoms with van der Waals surface area (Å²) in [6.07, 6.45) is 0. The first kappa shape index (κ1) is 20.8. The molecule has 0 saturated carbocycles. The molecule has 0 spiro atoms. The molecule has 146 valence electrons. The number of benzene rings is 2. The van der Waals surface area contributed by atoms with Gasteiger partial charge in [-0.05, 0) is 42.5 Å². The Hall–Kier alpha value is -2.52. The van der Waals surface area contributed by atoms with Crippen molar-refractivity contribution in [1.29, 1.82) is 0 Å². The first-order valence-electron chi connectivity index (χ1n) is 8.24. The van der Waals surface area contributed by atoms with Crippen LogP contribution in [0.4, 0.5) is 14.5 Å². The fraction of sp³-hybridized carbons (Fsp3) is 0.278. The first-order chi connectivity index (χ1) is 12.8. The summed E-state index contributed by atoms with van der Waals surface area (Å²) in [4.78, 5) is 12.4. The highest BCUT2D eigenvalue weighted by Gasteiger charge is 2.21. The van der Waals surface area contributed by atoms with Gasteiger partial charge in [0, 0.05) is 24.3 Å². The Bertz CT molecular complexity index is 882. The summed E-state index contributed by atoms with van der Waals surface area (Å²) in [5, 5.41) is 2.58. The van der Waals surface area contributed by atoms with Crippen molar-refractivity contribution in [3.05, 3.63) is 54.1 Å². The van der Waals surface area contributed by atoms with E-state index in [1.807, 2.05) is 0 Å². The Labute approximate surface area is 156 Å². The molecule has 0 fully saturated rings. The molecule has 1 N–H and O–H groups in total. The number of anilines is 1. The Morgan fingerprint density at radius 3 is 2.30 bits per heavy atom. The lowest BCUT2D eigenvalue weighted by Gasteiger charge is -2.18. The molecule has 2 aromatic rings. The average molecular weight is 398 g/mol. The molecular formula is C18H20F2N2O4S. The Kier molecular flexibility index (Phi) is 6.86. The molecule has 0 atom stereocenters. The van der Waals surface area contributed by atoms with Gasteiger partial charge in [-0.3, -0.25) is 4.79 Å². The van der Waals surface area contributed by atoms with Crippen molar-refractivity contribution >= 4 is 21.6 Å². The number of rotatable bonds is 8. The minimum Gasteiger partial charge on any atom is -0.435 e. The molecule has 0 aliphatic carbocycles. The quantitative estimate of drug-likeness (QED) is 0.738. The molecule has 1 amide bonds. The van der Waals surface area contributed by atoms with E-state index >= 15 is 0 Å².